The van der Waals surface area contributed by atoms with E-state index in [1.165, 1.54) is 0 Å². The van der Waals surface area contributed by atoms with E-state index in [1.54, 1.807) is 35.6 Å². The van der Waals surface area contributed by atoms with Crippen LogP contribution in [0.15, 0.2) is 67.1 Å². The maximum absolute atomic E-state index is 13.4. The van der Waals surface area contributed by atoms with Gasteiger partial charge in [0.2, 0.25) is 0 Å². The molecule has 0 saturated carbocycles. The van der Waals surface area contributed by atoms with Crippen LogP contribution in [0.3, 0.4) is 0 Å². The number of aromatic nitrogens is 2. The summed E-state index contributed by atoms with van der Waals surface area (Å²) < 4.78 is -0.706. The van der Waals surface area contributed by atoms with Gasteiger partial charge in [0.05, 0.1) is 5.69 Å². The lowest BCUT2D eigenvalue weighted by atomic mass is 9.94. The van der Waals surface area contributed by atoms with Gasteiger partial charge in [0.1, 0.15) is 9.24 Å². The molecular weight excluding hydrogens is 449 g/mol. The van der Waals surface area contributed by atoms with E-state index >= 15 is 0 Å². The largest absolute Gasteiger partial charge is 0.272 e. The van der Waals surface area contributed by atoms with Crippen molar-refractivity contribution in [2.75, 3.05) is 4.90 Å². The summed E-state index contributed by atoms with van der Waals surface area (Å²) in [5.74, 6) is 0.680. The van der Waals surface area contributed by atoms with Gasteiger partial charge in [-0.1, -0.05) is 40.3 Å². The van der Waals surface area contributed by atoms with E-state index in [2.05, 4.69) is 32.6 Å². The SMILES string of the molecule is O=C1N(c2ccc(Cl)cc2)c2ncccc2C1(I)Cc1ccncc1. The van der Waals surface area contributed by atoms with Gasteiger partial charge in [0.15, 0.2) is 0 Å². The van der Waals surface area contributed by atoms with Crippen LogP contribution in [-0.4, -0.2) is 15.9 Å². The fourth-order valence-electron chi connectivity index (χ4n) is 3.06. The molecule has 6 heteroatoms. The van der Waals surface area contributed by atoms with Crippen molar-refractivity contribution >= 4 is 51.6 Å². The molecule has 1 aromatic carbocycles. The molecule has 0 fully saturated rings. The third-order valence-corrected chi connectivity index (χ3v) is 5.93. The predicted molar refractivity (Wildman–Crippen MR) is 106 cm³/mol. The number of benzene rings is 1. The fourth-order valence-corrected chi connectivity index (χ4v) is 4.28. The van der Waals surface area contributed by atoms with Gasteiger partial charge in [0, 0.05) is 35.6 Å². The van der Waals surface area contributed by atoms with Gasteiger partial charge < -0.3 is 0 Å². The number of anilines is 2. The molecule has 0 bridgehead atoms. The topological polar surface area (TPSA) is 46.1 Å². The molecule has 0 N–H and O–H groups in total. The first-order valence-corrected chi connectivity index (χ1v) is 9.19. The van der Waals surface area contributed by atoms with Crippen molar-refractivity contribution in [3.8, 4) is 0 Å². The molecule has 25 heavy (non-hydrogen) atoms. The molecule has 1 aliphatic rings. The summed E-state index contributed by atoms with van der Waals surface area (Å²) in [5.41, 5.74) is 2.75. The second-order valence-electron chi connectivity index (χ2n) is 5.82. The van der Waals surface area contributed by atoms with Crippen molar-refractivity contribution in [1.82, 2.24) is 9.97 Å². The summed E-state index contributed by atoms with van der Waals surface area (Å²) in [6, 6.07) is 15.0. The molecule has 0 saturated heterocycles. The van der Waals surface area contributed by atoms with Gasteiger partial charge in [-0.2, -0.15) is 0 Å². The van der Waals surface area contributed by atoms with Crippen LogP contribution in [-0.2, 0) is 14.6 Å². The van der Waals surface area contributed by atoms with E-state index in [0.717, 1.165) is 16.8 Å². The molecule has 0 spiro atoms. The van der Waals surface area contributed by atoms with E-state index in [1.807, 2.05) is 36.4 Å². The lowest BCUT2D eigenvalue weighted by Crippen LogP contribution is -2.35. The smallest absolute Gasteiger partial charge is 0.253 e. The molecule has 1 amide bonds. The highest BCUT2D eigenvalue weighted by molar-refractivity contribution is 14.1. The van der Waals surface area contributed by atoms with E-state index in [0.29, 0.717) is 17.3 Å². The zero-order valence-corrected chi connectivity index (χ0v) is 16.0. The van der Waals surface area contributed by atoms with Crippen LogP contribution in [0, 0.1) is 0 Å². The zero-order valence-electron chi connectivity index (χ0n) is 13.1. The first-order chi connectivity index (χ1) is 12.1. The van der Waals surface area contributed by atoms with Gasteiger partial charge in [-0.25, -0.2) is 4.98 Å². The summed E-state index contributed by atoms with van der Waals surface area (Å²) in [6.45, 7) is 0. The van der Waals surface area contributed by atoms with Gasteiger partial charge >= 0.3 is 0 Å². The average Bonchev–Trinajstić information content (AvgIpc) is 2.85. The van der Waals surface area contributed by atoms with E-state index in [9.17, 15) is 4.79 Å². The molecule has 4 nitrogen and oxygen atoms in total. The number of halogens is 2. The van der Waals surface area contributed by atoms with Gasteiger partial charge in [-0.15, -0.1) is 0 Å². The molecule has 1 unspecified atom stereocenters. The lowest BCUT2D eigenvalue weighted by Gasteiger charge is -2.22. The van der Waals surface area contributed by atoms with Crippen LogP contribution < -0.4 is 4.90 Å². The quantitative estimate of drug-likeness (QED) is 0.420. The Hall–Kier alpha value is -1.99. The second-order valence-corrected chi connectivity index (χ2v) is 8.10. The van der Waals surface area contributed by atoms with Gasteiger partial charge in [0.25, 0.3) is 5.91 Å². The number of hydrogen-bond donors (Lipinski definition) is 0. The number of nitrogens with zero attached hydrogens (tertiary/aromatic N) is 3. The van der Waals surface area contributed by atoms with Crippen LogP contribution in [0.1, 0.15) is 11.1 Å². The summed E-state index contributed by atoms with van der Waals surface area (Å²) in [4.78, 5) is 23.6. The Kier molecular flexibility index (Phi) is 4.21. The molecule has 4 rings (SSSR count). The van der Waals surface area contributed by atoms with E-state index < -0.39 is 3.42 Å². The van der Waals surface area contributed by atoms with Crippen LogP contribution in [0.2, 0.25) is 5.02 Å². The first-order valence-electron chi connectivity index (χ1n) is 7.73. The molecule has 3 aromatic rings. The predicted octanol–water partition coefficient (Wildman–Crippen LogP) is 4.68. The highest BCUT2D eigenvalue weighted by atomic mass is 127. The molecule has 124 valence electrons. The maximum Gasteiger partial charge on any atom is 0.253 e. The summed E-state index contributed by atoms with van der Waals surface area (Å²) in [6.07, 6.45) is 5.79. The Bertz CT molecular complexity index is 933. The Labute approximate surface area is 164 Å². The van der Waals surface area contributed by atoms with Crippen molar-refractivity contribution in [3.63, 3.8) is 0 Å². The molecule has 1 aliphatic heterocycles. The van der Waals surface area contributed by atoms with Crippen molar-refractivity contribution in [1.29, 1.82) is 0 Å². The third-order valence-electron chi connectivity index (χ3n) is 4.25. The van der Waals surface area contributed by atoms with Crippen molar-refractivity contribution in [3.05, 3.63) is 83.3 Å². The van der Waals surface area contributed by atoms with Gasteiger partial charge in [-0.3, -0.25) is 14.7 Å². The fraction of sp³-hybridized carbons (Fsp3) is 0.105. The minimum atomic E-state index is -0.706. The standard InChI is InChI=1S/C19H13ClIN3O/c20-14-3-5-15(6-4-14)24-17-16(2-1-9-23-17)19(21,18(24)25)12-13-7-10-22-11-8-13/h1-11H,12H2. The Morgan fingerprint density at radius 3 is 2.48 bits per heavy atom. The average molecular weight is 462 g/mol. The minimum Gasteiger partial charge on any atom is -0.272 e. The first kappa shape index (κ1) is 16.5. The second kappa shape index (κ2) is 6.38. The Morgan fingerprint density at radius 2 is 1.76 bits per heavy atom. The number of carbonyl (C=O) groups is 1. The van der Waals surface area contributed by atoms with Crippen molar-refractivity contribution < 1.29 is 4.79 Å². The third kappa shape index (κ3) is 2.81. The Balaban J connectivity index is 1.82. The lowest BCUT2D eigenvalue weighted by molar-refractivity contribution is -0.119. The maximum atomic E-state index is 13.4. The molecule has 0 aliphatic carbocycles. The molecule has 2 aromatic heterocycles. The molecular formula is C19H13ClIN3O. The van der Waals surface area contributed by atoms with Gasteiger partial charge in [-0.05, 0) is 48.0 Å². The number of carbonyl (C=O) groups excluding carboxylic acids is 1. The van der Waals surface area contributed by atoms with E-state index in [-0.39, 0.29) is 5.91 Å². The van der Waals surface area contributed by atoms with Crippen LogP contribution in [0.25, 0.3) is 0 Å². The number of rotatable bonds is 3. The highest BCUT2D eigenvalue weighted by Gasteiger charge is 2.50. The number of fused-ring (bicyclic) bond motifs is 1. The minimum absolute atomic E-state index is 0.000865. The number of amides is 1. The molecule has 3 heterocycles. The Morgan fingerprint density at radius 1 is 1.04 bits per heavy atom. The number of alkyl halides is 1. The highest BCUT2D eigenvalue weighted by Crippen LogP contribution is 2.50. The van der Waals surface area contributed by atoms with Crippen molar-refractivity contribution in [2.45, 2.75) is 9.84 Å². The van der Waals surface area contributed by atoms with E-state index in [4.69, 9.17) is 11.6 Å². The van der Waals surface area contributed by atoms with Crippen LogP contribution in [0.5, 0.6) is 0 Å². The molecule has 0 radical (unpaired) electrons. The molecule has 1 atom stereocenters. The normalized spacial score (nSPS) is 19.1. The summed E-state index contributed by atoms with van der Waals surface area (Å²) in [5, 5.41) is 0.633. The van der Waals surface area contributed by atoms with Crippen molar-refractivity contribution in [2.24, 2.45) is 0 Å². The van der Waals surface area contributed by atoms with Crippen LogP contribution in [0.4, 0.5) is 11.5 Å². The number of hydrogen-bond acceptors (Lipinski definition) is 3. The van der Waals surface area contributed by atoms with Crippen LogP contribution >= 0.6 is 34.2 Å². The number of pyridine rings is 2. The summed E-state index contributed by atoms with van der Waals surface area (Å²) in [7, 11) is 0. The monoisotopic (exact) mass is 461 g/mol. The summed E-state index contributed by atoms with van der Waals surface area (Å²) >= 11 is 8.25. The zero-order chi connectivity index (χ0) is 17.4.